The van der Waals surface area contributed by atoms with E-state index in [-0.39, 0.29) is 0 Å². The van der Waals surface area contributed by atoms with Crippen molar-refractivity contribution in [3.63, 3.8) is 0 Å². The highest BCUT2D eigenvalue weighted by Gasteiger charge is 2.02. The summed E-state index contributed by atoms with van der Waals surface area (Å²) < 4.78 is 0.746. The largest absolute Gasteiger partial charge is 0.465 e. The minimum absolute atomic E-state index is 0.572. The molecule has 64 valence electrons. The van der Waals surface area contributed by atoms with Crippen LogP contribution in [0.15, 0.2) is 22.7 Å². The minimum Gasteiger partial charge on any atom is -0.465 e. The van der Waals surface area contributed by atoms with Gasteiger partial charge in [0, 0.05) is 4.47 Å². The summed E-state index contributed by atoms with van der Waals surface area (Å²) in [4.78, 5) is 10.3. The van der Waals surface area contributed by atoms with E-state index in [1.54, 1.807) is 12.1 Å². The number of anilines is 1. The average molecular weight is 230 g/mol. The van der Waals surface area contributed by atoms with Crippen LogP contribution in [0, 0.1) is 6.92 Å². The first-order valence-electron chi connectivity index (χ1n) is 3.35. The molecular formula is C8H8BrNO2. The van der Waals surface area contributed by atoms with Crippen LogP contribution < -0.4 is 5.32 Å². The summed E-state index contributed by atoms with van der Waals surface area (Å²) >= 11 is 3.23. The fraction of sp³-hybridized carbons (Fsp3) is 0.125. The zero-order chi connectivity index (χ0) is 9.14. The van der Waals surface area contributed by atoms with Crippen LogP contribution in [0.4, 0.5) is 10.5 Å². The number of nitrogens with one attached hydrogen (secondary N) is 1. The SMILES string of the molecule is Cc1ccc(Br)c(NC(=O)O)c1. The van der Waals surface area contributed by atoms with Gasteiger partial charge >= 0.3 is 6.09 Å². The molecule has 0 saturated heterocycles. The van der Waals surface area contributed by atoms with Crippen molar-refractivity contribution in [1.82, 2.24) is 0 Å². The van der Waals surface area contributed by atoms with E-state index >= 15 is 0 Å². The van der Waals surface area contributed by atoms with Crippen LogP contribution in [-0.4, -0.2) is 11.2 Å². The van der Waals surface area contributed by atoms with Crippen LogP contribution in [0.5, 0.6) is 0 Å². The Labute approximate surface area is 78.5 Å². The third kappa shape index (κ3) is 2.23. The lowest BCUT2D eigenvalue weighted by Crippen LogP contribution is -2.07. The van der Waals surface area contributed by atoms with Gasteiger partial charge in [0.25, 0.3) is 0 Å². The molecule has 0 atom stereocenters. The van der Waals surface area contributed by atoms with E-state index in [0.29, 0.717) is 5.69 Å². The number of aryl methyl sites for hydroxylation is 1. The maximum absolute atomic E-state index is 10.3. The van der Waals surface area contributed by atoms with Gasteiger partial charge in [0.2, 0.25) is 0 Å². The minimum atomic E-state index is -1.05. The molecule has 0 aliphatic carbocycles. The van der Waals surface area contributed by atoms with Crippen LogP contribution in [0.1, 0.15) is 5.56 Å². The Hall–Kier alpha value is -1.03. The van der Waals surface area contributed by atoms with Crippen LogP contribution >= 0.6 is 15.9 Å². The van der Waals surface area contributed by atoms with E-state index in [2.05, 4.69) is 21.2 Å². The molecule has 0 aliphatic rings. The van der Waals surface area contributed by atoms with Gasteiger partial charge in [0.1, 0.15) is 0 Å². The van der Waals surface area contributed by atoms with Gasteiger partial charge in [0.05, 0.1) is 5.69 Å². The summed E-state index contributed by atoms with van der Waals surface area (Å²) in [5.41, 5.74) is 1.59. The lowest BCUT2D eigenvalue weighted by Gasteiger charge is -2.04. The summed E-state index contributed by atoms with van der Waals surface area (Å²) in [6.07, 6.45) is -1.05. The monoisotopic (exact) mass is 229 g/mol. The lowest BCUT2D eigenvalue weighted by molar-refractivity contribution is 0.209. The molecule has 0 spiro atoms. The van der Waals surface area contributed by atoms with Crippen LogP contribution in [-0.2, 0) is 0 Å². The maximum atomic E-state index is 10.3. The number of carbonyl (C=O) groups is 1. The molecule has 3 nitrogen and oxygen atoms in total. The van der Waals surface area contributed by atoms with Crippen molar-refractivity contribution in [2.24, 2.45) is 0 Å². The highest BCUT2D eigenvalue weighted by molar-refractivity contribution is 9.10. The molecular weight excluding hydrogens is 222 g/mol. The first-order valence-corrected chi connectivity index (χ1v) is 4.15. The highest BCUT2D eigenvalue weighted by atomic mass is 79.9. The number of amides is 1. The zero-order valence-corrected chi connectivity index (χ0v) is 8.05. The van der Waals surface area contributed by atoms with Gasteiger partial charge in [-0.15, -0.1) is 0 Å². The fourth-order valence-electron chi connectivity index (χ4n) is 0.850. The first-order chi connectivity index (χ1) is 5.59. The predicted octanol–water partition coefficient (Wildman–Crippen LogP) is 2.85. The normalized spacial score (nSPS) is 9.50. The first kappa shape index (κ1) is 9.06. The van der Waals surface area contributed by atoms with E-state index in [4.69, 9.17) is 5.11 Å². The number of carboxylic acid groups (broad SMARTS) is 1. The number of hydrogen-bond donors (Lipinski definition) is 2. The van der Waals surface area contributed by atoms with Crippen LogP contribution in [0.2, 0.25) is 0 Å². The molecule has 0 fully saturated rings. The van der Waals surface area contributed by atoms with E-state index < -0.39 is 6.09 Å². The van der Waals surface area contributed by atoms with Crippen molar-refractivity contribution in [1.29, 1.82) is 0 Å². The molecule has 0 unspecified atom stereocenters. The van der Waals surface area contributed by atoms with Crippen molar-refractivity contribution >= 4 is 27.7 Å². The third-order valence-corrected chi connectivity index (χ3v) is 2.05. The molecule has 0 aromatic heterocycles. The second-order valence-corrected chi connectivity index (χ2v) is 3.27. The molecule has 4 heteroatoms. The van der Waals surface area contributed by atoms with Gasteiger partial charge in [-0.1, -0.05) is 6.07 Å². The van der Waals surface area contributed by atoms with E-state index in [1.165, 1.54) is 0 Å². The number of hydrogen-bond acceptors (Lipinski definition) is 1. The average Bonchev–Trinajstić information content (AvgIpc) is 1.96. The van der Waals surface area contributed by atoms with E-state index in [9.17, 15) is 4.79 Å². The molecule has 1 aromatic carbocycles. The second kappa shape index (κ2) is 3.58. The summed E-state index contributed by atoms with van der Waals surface area (Å²) in [6, 6.07) is 5.47. The van der Waals surface area contributed by atoms with Crippen molar-refractivity contribution in [2.45, 2.75) is 6.92 Å². The fourth-order valence-corrected chi connectivity index (χ4v) is 1.20. The standard InChI is InChI=1S/C8H8BrNO2/c1-5-2-3-6(9)7(4-5)10-8(11)12/h2-4,10H,1H3,(H,11,12). The van der Waals surface area contributed by atoms with E-state index in [1.807, 2.05) is 13.0 Å². The van der Waals surface area contributed by atoms with Gasteiger partial charge in [-0.3, -0.25) is 5.32 Å². The Morgan fingerprint density at radius 2 is 2.25 bits per heavy atom. The molecule has 1 aromatic rings. The van der Waals surface area contributed by atoms with Gasteiger partial charge in [-0.25, -0.2) is 4.79 Å². The van der Waals surface area contributed by atoms with Gasteiger partial charge in [0.15, 0.2) is 0 Å². The molecule has 0 saturated carbocycles. The molecule has 0 heterocycles. The Balaban J connectivity index is 2.97. The van der Waals surface area contributed by atoms with Crippen LogP contribution in [0.25, 0.3) is 0 Å². The lowest BCUT2D eigenvalue weighted by atomic mass is 10.2. The summed E-state index contributed by atoms with van der Waals surface area (Å²) in [6.45, 7) is 1.90. The molecule has 2 N–H and O–H groups in total. The number of rotatable bonds is 1. The zero-order valence-electron chi connectivity index (χ0n) is 6.47. The predicted molar refractivity (Wildman–Crippen MR) is 50.5 cm³/mol. The summed E-state index contributed by atoms with van der Waals surface area (Å²) in [5, 5.41) is 10.7. The third-order valence-electron chi connectivity index (χ3n) is 1.36. The Morgan fingerprint density at radius 1 is 1.58 bits per heavy atom. The van der Waals surface area contributed by atoms with Gasteiger partial charge in [-0.05, 0) is 40.5 Å². The van der Waals surface area contributed by atoms with Crippen molar-refractivity contribution in [2.75, 3.05) is 5.32 Å². The quantitative estimate of drug-likeness (QED) is 0.779. The Morgan fingerprint density at radius 3 is 2.83 bits per heavy atom. The topological polar surface area (TPSA) is 49.3 Å². The number of halogens is 1. The van der Waals surface area contributed by atoms with Crippen molar-refractivity contribution in [3.05, 3.63) is 28.2 Å². The number of benzene rings is 1. The molecule has 0 radical (unpaired) electrons. The highest BCUT2D eigenvalue weighted by Crippen LogP contribution is 2.22. The Bertz CT molecular complexity index is 312. The van der Waals surface area contributed by atoms with Gasteiger partial charge in [-0.2, -0.15) is 0 Å². The van der Waals surface area contributed by atoms with Crippen LogP contribution in [0.3, 0.4) is 0 Å². The maximum Gasteiger partial charge on any atom is 0.409 e. The molecule has 0 aliphatic heterocycles. The smallest absolute Gasteiger partial charge is 0.409 e. The second-order valence-electron chi connectivity index (χ2n) is 2.41. The van der Waals surface area contributed by atoms with Crippen molar-refractivity contribution in [3.8, 4) is 0 Å². The molecule has 1 amide bonds. The van der Waals surface area contributed by atoms with Crippen molar-refractivity contribution < 1.29 is 9.90 Å². The molecule has 0 bridgehead atoms. The summed E-state index contributed by atoms with van der Waals surface area (Å²) in [5.74, 6) is 0. The van der Waals surface area contributed by atoms with E-state index in [0.717, 1.165) is 10.0 Å². The Kier molecular flexibility index (Phi) is 2.70. The van der Waals surface area contributed by atoms with Gasteiger partial charge < -0.3 is 5.11 Å². The molecule has 12 heavy (non-hydrogen) atoms. The summed E-state index contributed by atoms with van der Waals surface area (Å²) in [7, 11) is 0. The molecule has 1 rings (SSSR count).